The van der Waals surface area contributed by atoms with E-state index in [-0.39, 0.29) is 12.8 Å². The summed E-state index contributed by atoms with van der Waals surface area (Å²) < 4.78 is 106. The van der Waals surface area contributed by atoms with Gasteiger partial charge in [-0.05, 0) is 25.7 Å². The average molecular weight is 687 g/mol. The summed E-state index contributed by atoms with van der Waals surface area (Å²) in [5.41, 5.74) is -8.23. The molecule has 0 N–H and O–H groups in total. The number of hydrogen-bond donors (Lipinski definition) is 0. The molecule has 0 bridgehead atoms. The van der Waals surface area contributed by atoms with Crippen LogP contribution in [0.2, 0.25) is 0 Å². The van der Waals surface area contributed by atoms with Crippen molar-refractivity contribution in [2.45, 2.75) is 107 Å². The predicted octanol–water partition coefficient (Wildman–Crippen LogP) is 8.96. The molecule has 0 radical (unpaired) electrons. The number of carbonyl (C=O) groups is 2. The maximum absolute atomic E-state index is 14.5. The molecule has 0 aliphatic carbocycles. The molecule has 266 valence electrons. The first-order valence-electron chi connectivity index (χ1n) is 16.0. The van der Waals surface area contributed by atoms with E-state index in [2.05, 4.69) is 18.8 Å². The number of esters is 2. The second-order valence-electron chi connectivity index (χ2n) is 11.2. The first-order chi connectivity index (χ1) is 22.8. The second-order valence-corrected chi connectivity index (χ2v) is 11.2. The van der Waals surface area contributed by atoms with Gasteiger partial charge in [0.15, 0.2) is 0 Å². The van der Waals surface area contributed by atoms with Crippen LogP contribution in [0.1, 0.15) is 88.7 Å². The van der Waals surface area contributed by atoms with Gasteiger partial charge in [0.2, 0.25) is 0 Å². The minimum Gasteiger partial charge on any atom is -0.459 e. The molecule has 0 fully saturated rings. The summed E-state index contributed by atoms with van der Waals surface area (Å²) >= 11 is 0. The molecule has 0 saturated carbocycles. The summed E-state index contributed by atoms with van der Waals surface area (Å²) in [7, 11) is 1.37. The molecule has 0 amide bonds. The molecule has 0 aliphatic heterocycles. The predicted molar refractivity (Wildman–Crippen MR) is 167 cm³/mol. The van der Waals surface area contributed by atoms with Crippen molar-refractivity contribution in [1.82, 2.24) is 0 Å². The lowest BCUT2D eigenvalue weighted by molar-refractivity contribution is -0.282. The fourth-order valence-corrected chi connectivity index (χ4v) is 5.21. The zero-order valence-corrected chi connectivity index (χ0v) is 27.6. The molecular weight excluding hydrogens is 642 g/mol. The van der Waals surface area contributed by atoms with Gasteiger partial charge in [0, 0.05) is 38.2 Å². The van der Waals surface area contributed by atoms with Crippen molar-refractivity contribution in [3.05, 3.63) is 71.8 Å². The number of hydrogen-bond acceptors (Lipinski definition) is 6. The van der Waals surface area contributed by atoms with Crippen molar-refractivity contribution in [2.24, 2.45) is 0 Å². The maximum Gasteiger partial charge on any atom is 0.432 e. The molecule has 12 heteroatoms. The van der Waals surface area contributed by atoms with Crippen LogP contribution in [0.3, 0.4) is 0 Å². The summed E-state index contributed by atoms with van der Waals surface area (Å²) in [6.45, 7) is 1.17. The highest BCUT2D eigenvalue weighted by Crippen LogP contribution is 2.44. The second kappa shape index (κ2) is 19.4. The first-order valence-corrected chi connectivity index (χ1v) is 16.0. The van der Waals surface area contributed by atoms with Gasteiger partial charge in [0.1, 0.15) is 12.7 Å². The number of halogens is 6. The van der Waals surface area contributed by atoms with Crippen molar-refractivity contribution < 1.29 is 54.9 Å². The molecule has 0 spiro atoms. The van der Waals surface area contributed by atoms with E-state index in [9.17, 15) is 35.9 Å². The molecule has 2 rings (SSSR count). The molecule has 48 heavy (non-hydrogen) atoms. The van der Waals surface area contributed by atoms with Gasteiger partial charge in [-0.3, -0.25) is 0 Å². The van der Waals surface area contributed by atoms with Crippen molar-refractivity contribution in [3.63, 3.8) is 0 Å². The lowest BCUT2D eigenvalue weighted by atomic mass is 9.92. The Balaban J connectivity index is 2.24. The summed E-state index contributed by atoms with van der Waals surface area (Å²) in [6, 6.07) is 12.1. The Hall–Kier alpha value is -3.56. The number of unbranched alkanes of at least 4 members (excludes halogenated alkanes) is 8. The van der Waals surface area contributed by atoms with Crippen LogP contribution in [-0.2, 0) is 39.7 Å². The third-order valence-electron chi connectivity index (χ3n) is 7.88. The zero-order chi connectivity index (χ0) is 35.7. The third kappa shape index (κ3) is 10.5. The molecule has 2 aromatic rings. The van der Waals surface area contributed by atoms with E-state index >= 15 is 0 Å². The molecule has 6 nitrogen and oxygen atoms in total. The molecular formula is C36H44F6O6. The highest BCUT2D eigenvalue weighted by atomic mass is 19.4. The van der Waals surface area contributed by atoms with Crippen LogP contribution in [0.15, 0.2) is 60.7 Å². The highest BCUT2D eigenvalue weighted by molar-refractivity contribution is 5.84. The van der Waals surface area contributed by atoms with Crippen molar-refractivity contribution in [3.8, 4) is 11.8 Å². The molecule has 2 aromatic carbocycles. The fraction of sp³-hybridized carbons (Fsp3) is 0.556. The molecule has 0 aromatic heterocycles. The number of alkyl halides is 6. The van der Waals surface area contributed by atoms with Crippen LogP contribution in [0.5, 0.6) is 0 Å². The van der Waals surface area contributed by atoms with Gasteiger partial charge >= 0.3 is 24.3 Å². The average Bonchev–Trinajstić information content (AvgIpc) is 3.05. The van der Waals surface area contributed by atoms with E-state index < -0.39 is 59.3 Å². The van der Waals surface area contributed by atoms with E-state index in [1.807, 2.05) is 0 Å². The Morgan fingerprint density at radius 1 is 0.646 bits per heavy atom. The minimum absolute atomic E-state index is 0.137. The van der Waals surface area contributed by atoms with E-state index in [4.69, 9.17) is 18.9 Å². The van der Waals surface area contributed by atoms with Gasteiger partial charge in [0.25, 0.3) is 11.2 Å². The Labute approximate surface area is 278 Å². The van der Waals surface area contributed by atoms with E-state index in [1.165, 1.54) is 55.7 Å². The van der Waals surface area contributed by atoms with Crippen LogP contribution in [0.4, 0.5) is 26.3 Å². The smallest absolute Gasteiger partial charge is 0.432 e. The van der Waals surface area contributed by atoms with E-state index in [0.717, 1.165) is 49.9 Å². The van der Waals surface area contributed by atoms with Gasteiger partial charge in [-0.15, -0.1) is 11.8 Å². The Bertz CT molecular complexity index is 1310. The van der Waals surface area contributed by atoms with Gasteiger partial charge in [-0.25, -0.2) is 9.59 Å². The van der Waals surface area contributed by atoms with Gasteiger partial charge in [-0.1, -0.05) is 99.7 Å². The molecule has 0 saturated heterocycles. The number of carbonyl (C=O) groups excluding carboxylic acids is 2. The van der Waals surface area contributed by atoms with E-state index in [0.29, 0.717) is 27.1 Å². The van der Waals surface area contributed by atoms with Crippen molar-refractivity contribution in [1.29, 1.82) is 0 Å². The quantitative estimate of drug-likeness (QED) is 0.0636. The number of methoxy groups -OCH3 is 2. The largest absolute Gasteiger partial charge is 0.459 e. The van der Waals surface area contributed by atoms with E-state index in [1.54, 1.807) is 0 Å². The Morgan fingerprint density at radius 3 is 1.54 bits per heavy atom. The Morgan fingerprint density at radius 2 is 1.08 bits per heavy atom. The monoisotopic (exact) mass is 686 g/mol. The van der Waals surface area contributed by atoms with Crippen LogP contribution >= 0.6 is 0 Å². The molecule has 0 aliphatic rings. The van der Waals surface area contributed by atoms with Crippen LogP contribution in [0, 0.1) is 11.8 Å². The van der Waals surface area contributed by atoms with Crippen LogP contribution < -0.4 is 0 Å². The summed E-state index contributed by atoms with van der Waals surface area (Å²) in [5.74, 6) is 2.39. The van der Waals surface area contributed by atoms with Crippen LogP contribution in [-0.4, -0.2) is 51.2 Å². The SMILES string of the molecule is CCCCCCCCC#CCCCC[C@H](COC(=O)[C@](OC)(c1ccccc1)C(F)(F)F)OC(=O)[C@](OC)(c1ccccc1)C(F)(F)F. The summed E-state index contributed by atoms with van der Waals surface area (Å²) in [5, 5.41) is 0. The topological polar surface area (TPSA) is 71.1 Å². The lowest BCUT2D eigenvalue weighted by Gasteiger charge is -2.34. The van der Waals surface area contributed by atoms with Crippen molar-refractivity contribution >= 4 is 11.9 Å². The third-order valence-corrected chi connectivity index (χ3v) is 7.88. The molecule has 0 unspecified atom stereocenters. The fourth-order valence-electron chi connectivity index (χ4n) is 5.21. The number of rotatable bonds is 19. The normalized spacial score (nSPS) is 14.9. The van der Waals surface area contributed by atoms with Crippen LogP contribution in [0.25, 0.3) is 0 Å². The maximum atomic E-state index is 14.5. The highest BCUT2D eigenvalue weighted by Gasteiger charge is 2.65. The minimum atomic E-state index is -5.29. The standard InChI is InChI=1S/C36H44F6O6/c1-4-5-6-7-8-9-10-11-12-13-14-21-26-30(48-32(44)34(46-3,36(40,41)42)29-24-19-16-20-25-29)27-47-31(43)33(45-2,35(37,38)39)28-22-17-15-18-23-28/h15-20,22-25,30H,4-10,13-14,21,26-27H2,1-3H3/t30-,33-,34-/m1/s1. The van der Waals surface area contributed by atoms with Gasteiger partial charge < -0.3 is 18.9 Å². The summed E-state index contributed by atoms with van der Waals surface area (Å²) in [6.07, 6.45) is -3.59. The number of ether oxygens (including phenoxy) is 4. The first kappa shape index (κ1) is 40.6. The molecule has 3 atom stereocenters. The molecule has 0 heterocycles. The Kier molecular flexibility index (Phi) is 16.4. The van der Waals surface area contributed by atoms with Gasteiger partial charge in [-0.2, -0.15) is 26.3 Å². The number of benzene rings is 2. The summed E-state index contributed by atoms with van der Waals surface area (Å²) in [4.78, 5) is 26.4. The zero-order valence-electron chi connectivity index (χ0n) is 27.6. The lowest BCUT2D eigenvalue weighted by Crippen LogP contribution is -2.53. The van der Waals surface area contributed by atoms with Gasteiger partial charge in [0.05, 0.1) is 0 Å². The van der Waals surface area contributed by atoms with Crippen molar-refractivity contribution in [2.75, 3.05) is 20.8 Å².